The molecule has 0 aromatic heterocycles. The van der Waals surface area contributed by atoms with Crippen LogP contribution < -0.4 is 19.6 Å². The molecule has 0 spiro atoms. The Morgan fingerprint density at radius 2 is 1.77 bits per heavy atom. The summed E-state index contributed by atoms with van der Waals surface area (Å²) in [7, 11) is 4.45. The molecule has 1 amide bonds. The van der Waals surface area contributed by atoms with Crippen molar-refractivity contribution < 1.29 is 23.9 Å². The minimum absolute atomic E-state index is 0.187. The van der Waals surface area contributed by atoms with E-state index in [4.69, 9.17) is 14.2 Å². The van der Waals surface area contributed by atoms with E-state index < -0.39 is 4.92 Å². The fourth-order valence-electron chi connectivity index (χ4n) is 2.92. The Morgan fingerprint density at radius 1 is 1.10 bits per heavy atom. The largest absolute Gasteiger partial charge is 0.496 e. The van der Waals surface area contributed by atoms with Crippen molar-refractivity contribution in [3.05, 3.63) is 57.1 Å². The average Bonchev–Trinajstić information content (AvgIpc) is 2.73. The van der Waals surface area contributed by atoms with Gasteiger partial charge in [0.2, 0.25) is 5.91 Å². The van der Waals surface area contributed by atoms with E-state index in [1.807, 2.05) is 25.1 Å². The molecule has 0 aliphatic heterocycles. The molecule has 0 heterocycles. The van der Waals surface area contributed by atoms with Crippen LogP contribution in [0.1, 0.15) is 29.5 Å². The third-order valence-electron chi connectivity index (χ3n) is 4.45. The molecule has 9 heteroatoms. The molecule has 0 radical (unpaired) electrons. The third-order valence-corrected chi connectivity index (χ3v) is 4.45. The Balaban J connectivity index is 1.94. The van der Waals surface area contributed by atoms with Crippen LogP contribution in [0.2, 0.25) is 0 Å². The average molecular weight is 415 g/mol. The topological polar surface area (TPSA) is 112 Å². The summed E-state index contributed by atoms with van der Waals surface area (Å²) in [6.45, 7) is 1.97. The normalized spacial score (nSPS) is 10.7. The summed E-state index contributed by atoms with van der Waals surface area (Å²) < 4.78 is 15.5. The van der Waals surface area contributed by atoms with Crippen molar-refractivity contribution in [2.75, 3.05) is 21.3 Å². The van der Waals surface area contributed by atoms with Crippen LogP contribution in [0, 0.1) is 17.0 Å². The summed E-state index contributed by atoms with van der Waals surface area (Å²) in [4.78, 5) is 22.7. The zero-order chi connectivity index (χ0) is 22.1. The second-order valence-electron chi connectivity index (χ2n) is 6.47. The van der Waals surface area contributed by atoms with E-state index in [2.05, 4.69) is 10.5 Å². The van der Waals surface area contributed by atoms with Gasteiger partial charge in [0.25, 0.3) is 5.69 Å². The Kier molecular flexibility index (Phi) is 8.16. The summed E-state index contributed by atoms with van der Waals surface area (Å²) in [5, 5.41) is 15.1. The Bertz CT molecular complexity index is 943. The number of carbonyl (C=O) groups is 1. The molecule has 0 bridgehead atoms. The maximum Gasteiger partial charge on any atom is 0.282 e. The number of hydrazone groups is 1. The second-order valence-corrected chi connectivity index (χ2v) is 6.47. The molecule has 0 fully saturated rings. The van der Waals surface area contributed by atoms with Gasteiger partial charge in [0.1, 0.15) is 5.75 Å². The smallest absolute Gasteiger partial charge is 0.282 e. The van der Waals surface area contributed by atoms with Crippen molar-refractivity contribution in [2.45, 2.75) is 26.2 Å². The molecule has 30 heavy (non-hydrogen) atoms. The molecule has 2 rings (SSSR count). The predicted molar refractivity (Wildman–Crippen MR) is 113 cm³/mol. The van der Waals surface area contributed by atoms with E-state index in [1.165, 1.54) is 32.6 Å². The first-order valence-electron chi connectivity index (χ1n) is 9.25. The lowest BCUT2D eigenvalue weighted by Gasteiger charge is -2.08. The van der Waals surface area contributed by atoms with Crippen LogP contribution in [0.5, 0.6) is 17.2 Å². The van der Waals surface area contributed by atoms with Gasteiger partial charge < -0.3 is 14.2 Å². The van der Waals surface area contributed by atoms with Crippen molar-refractivity contribution in [3.63, 3.8) is 0 Å². The molecule has 0 saturated heterocycles. The summed E-state index contributed by atoms with van der Waals surface area (Å²) >= 11 is 0. The number of nitrogens with zero attached hydrogens (tertiary/aromatic N) is 2. The molecule has 0 saturated carbocycles. The van der Waals surface area contributed by atoms with Gasteiger partial charge in [0, 0.05) is 6.42 Å². The van der Waals surface area contributed by atoms with E-state index in [1.54, 1.807) is 7.11 Å². The predicted octanol–water partition coefficient (Wildman–Crippen LogP) is 3.40. The first kappa shape index (κ1) is 22.7. The monoisotopic (exact) mass is 415 g/mol. The standard InChI is InChI=1S/C21H25N3O6/c1-14-10-15(8-9-18(14)28-2)6-5-7-21(25)23-22-13-16-11-19(29-3)20(30-4)12-17(16)24(26)27/h8-13H,5-7H2,1-4H3,(H,23,25)/b22-13+. The SMILES string of the molecule is COc1ccc(CCCC(=O)N/N=C/c2cc(OC)c(OC)cc2[N+](=O)[O-])cc1C. The van der Waals surface area contributed by atoms with Crippen molar-refractivity contribution in [1.82, 2.24) is 5.43 Å². The van der Waals surface area contributed by atoms with Crippen LogP contribution >= 0.6 is 0 Å². The van der Waals surface area contributed by atoms with E-state index in [-0.39, 0.29) is 29.3 Å². The van der Waals surface area contributed by atoms with Crippen LogP contribution in [0.15, 0.2) is 35.4 Å². The highest BCUT2D eigenvalue weighted by Crippen LogP contribution is 2.33. The molecular formula is C21H25N3O6. The van der Waals surface area contributed by atoms with E-state index in [0.717, 1.165) is 23.3 Å². The highest BCUT2D eigenvalue weighted by Gasteiger charge is 2.18. The number of hydrogen-bond acceptors (Lipinski definition) is 7. The number of ether oxygens (including phenoxy) is 3. The molecule has 9 nitrogen and oxygen atoms in total. The number of hydrogen-bond donors (Lipinski definition) is 1. The van der Waals surface area contributed by atoms with E-state index in [0.29, 0.717) is 12.2 Å². The summed E-state index contributed by atoms with van der Waals surface area (Å²) in [6.07, 6.45) is 2.87. The van der Waals surface area contributed by atoms with Crippen molar-refractivity contribution in [3.8, 4) is 17.2 Å². The Hall–Kier alpha value is -3.62. The molecule has 160 valence electrons. The summed E-state index contributed by atoms with van der Waals surface area (Å²) in [6, 6.07) is 8.59. The molecule has 2 aromatic carbocycles. The fraction of sp³-hybridized carbons (Fsp3) is 0.333. The van der Waals surface area contributed by atoms with Crippen LogP contribution in [0.25, 0.3) is 0 Å². The summed E-state index contributed by atoms with van der Waals surface area (Å²) in [5.41, 5.74) is 4.53. The number of rotatable bonds is 10. The summed E-state index contributed by atoms with van der Waals surface area (Å²) in [5.74, 6) is 1.11. The number of nitrogens with one attached hydrogen (secondary N) is 1. The van der Waals surface area contributed by atoms with Gasteiger partial charge in [-0.3, -0.25) is 14.9 Å². The number of nitro benzene ring substituents is 1. The number of methoxy groups -OCH3 is 3. The number of nitro groups is 1. The second kappa shape index (κ2) is 10.8. The molecule has 0 aliphatic rings. The first-order valence-corrected chi connectivity index (χ1v) is 9.25. The highest BCUT2D eigenvalue weighted by atomic mass is 16.6. The minimum atomic E-state index is -0.554. The molecule has 0 unspecified atom stereocenters. The quantitative estimate of drug-likeness (QED) is 0.362. The van der Waals surface area contributed by atoms with Gasteiger partial charge in [0.15, 0.2) is 11.5 Å². The van der Waals surface area contributed by atoms with Crippen LogP contribution in [0.4, 0.5) is 5.69 Å². The van der Waals surface area contributed by atoms with Crippen LogP contribution in [0.3, 0.4) is 0 Å². The molecule has 1 N–H and O–H groups in total. The van der Waals surface area contributed by atoms with Gasteiger partial charge in [-0.05, 0) is 43.0 Å². The zero-order valence-electron chi connectivity index (χ0n) is 17.4. The molecule has 0 atom stereocenters. The fourth-order valence-corrected chi connectivity index (χ4v) is 2.92. The molecule has 0 aliphatic carbocycles. The lowest BCUT2D eigenvalue weighted by molar-refractivity contribution is -0.385. The van der Waals surface area contributed by atoms with Crippen LogP contribution in [-0.4, -0.2) is 38.4 Å². The van der Waals surface area contributed by atoms with Crippen molar-refractivity contribution >= 4 is 17.8 Å². The van der Waals surface area contributed by atoms with Gasteiger partial charge >= 0.3 is 0 Å². The highest BCUT2D eigenvalue weighted by molar-refractivity contribution is 5.88. The third kappa shape index (κ3) is 5.94. The zero-order valence-corrected chi connectivity index (χ0v) is 17.4. The Labute approximate surface area is 174 Å². The molecule has 2 aromatic rings. The van der Waals surface area contributed by atoms with Gasteiger partial charge in [-0.25, -0.2) is 5.43 Å². The maximum absolute atomic E-state index is 12.0. The lowest BCUT2D eigenvalue weighted by Crippen LogP contribution is -2.17. The number of aryl methyl sites for hydroxylation is 2. The minimum Gasteiger partial charge on any atom is -0.496 e. The lowest BCUT2D eigenvalue weighted by atomic mass is 10.1. The van der Waals surface area contributed by atoms with Gasteiger partial charge in [-0.2, -0.15) is 5.10 Å². The number of carbonyl (C=O) groups excluding carboxylic acids is 1. The number of benzene rings is 2. The maximum atomic E-state index is 12.0. The van der Waals surface area contributed by atoms with Gasteiger partial charge in [-0.1, -0.05) is 12.1 Å². The molecular weight excluding hydrogens is 390 g/mol. The van der Waals surface area contributed by atoms with Gasteiger partial charge in [-0.15, -0.1) is 0 Å². The Morgan fingerprint density at radius 3 is 2.37 bits per heavy atom. The van der Waals surface area contributed by atoms with Gasteiger partial charge in [0.05, 0.1) is 44.1 Å². The van der Waals surface area contributed by atoms with Crippen LogP contribution in [-0.2, 0) is 11.2 Å². The van der Waals surface area contributed by atoms with E-state index >= 15 is 0 Å². The van der Waals surface area contributed by atoms with Crippen molar-refractivity contribution in [1.29, 1.82) is 0 Å². The number of amides is 1. The van der Waals surface area contributed by atoms with E-state index in [9.17, 15) is 14.9 Å². The first-order chi connectivity index (χ1) is 14.4. The van der Waals surface area contributed by atoms with Crippen molar-refractivity contribution in [2.24, 2.45) is 5.10 Å².